The van der Waals surface area contributed by atoms with Gasteiger partial charge in [-0.1, -0.05) is 24.3 Å². The number of hydrogen-bond acceptors (Lipinski definition) is 5. The van der Waals surface area contributed by atoms with Gasteiger partial charge >= 0.3 is 0 Å². The summed E-state index contributed by atoms with van der Waals surface area (Å²) in [6, 6.07) is 14.9. The third kappa shape index (κ3) is 3.99. The molecule has 0 N–H and O–H groups in total. The van der Waals surface area contributed by atoms with Crippen molar-refractivity contribution >= 4 is 15.8 Å². The van der Waals surface area contributed by atoms with E-state index in [1.165, 1.54) is 16.4 Å². The topological polar surface area (TPSA) is 66.4 Å². The summed E-state index contributed by atoms with van der Waals surface area (Å²) in [7, 11) is -3.63. The smallest absolute Gasteiger partial charge is 0.243 e. The van der Waals surface area contributed by atoms with Gasteiger partial charge in [0.1, 0.15) is 18.0 Å². The van der Waals surface area contributed by atoms with Crippen molar-refractivity contribution in [2.45, 2.75) is 11.8 Å². The van der Waals surface area contributed by atoms with Crippen molar-refractivity contribution in [2.24, 2.45) is 0 Å². The van der Waals surface area contributed by atoms with Gasteiger partial charge in [-0.2, -0.15) is 4.31 Å². The molecule has 6 nitrogen and oxygen atoms in total. The predicted molar refractivity (Wildman–Crippen MR) is 110 cm³/mol. The first-order valence-electron chi connectivity index (χ1n) is 9.34. The van der Waals surface area contributed by atoms with E-state index < -0.39 is 15.8 Å². The Morgan fingerprint density at radius 3 is 2.31 bits per heavy atom. The lowest BCUT2D eigenvalue weighted by molar-refractivity contribution is 0.383. The second kappa shape index (κ2) is 7.88. The molecule has 8 heteroatoms. The van der Waals surface area contributed by atoms with E-state index in [1.807, 2.05) is 37.3 Å². The summed E-state index contributed by atoms with van der Waals surface area (Å²) >= 11 is 0. The van der Waals surface area contributed by atoms with Crippen molar-refractivity contribution in [1.82, 2.24) is 14.3 Å². The Balaban J connectivity index is 1.50. The Hall–Kier alpha value is -2.84. The lowest BCUT2D eigenvalue weighted by Crippen LogP contribution is -2.48. The second-order valence-electron chi connectivity index (χ2n) is 6.92. The highest BCUT2D eigenvalue weighted by atomic mass is 32.2. The van der Waals surface area contributed by atoms with Crippen molar-refractivity contribution in [1.29, 1.82) is 0 Å². The lowest BCUT2D eigenvalue weighted by Gasteiger charge is -2.34. The van der Waals surface area contributed by atoms with Crippen LogP contribution in [0.3, 0.4) is 0 Å². The number of sulfonamides is 1. The maximum Gasteiger partial charge on any atom is 0.243 e. The van der Waals surface area contributed by atoms with Crippen molar-refractivity contribution in [3.63, 3.8) is 0 Å². The molecule has 0 saturated carbocycles. The highest BCUT2D eigenvalue weighted by molar-refractivity contribution is 7.89. The zero-order valence-corrected chi connectivity index (χ0v) is 16.8. The molecule has 0 unspecified atom stereocenters. The minimum absolute atomic E-state index is 0.108. The van der Waals surface area contributed by atoms with Crippen LogP contribution in [0, 0.1) is 12.7 Å². The molecule has 2 aromatic carbocycles. The van der Waals surface area contributed by atoms with Gasteiger partial charge < -0.3 is 4.90 Å². The van der Waals surface area contributed by atoms with E-state index in [0.717, 1.165) is 34.8 Å². The molecule has 1 saturated heterocycles. The van der Waals surface area contributed by atoms with Crippen LogP contribution in [0.5, 0.6) is 0 Å². The number of rotatable bonds is 4. The Kier molecular flexibility index (Phi) is 5.29. The molecule has 0 amide bonds. The van der Waals surface area contributed by atoms with Crippen LogP contribution in [0.4, 0.5) is 10.2 Å². The number of piperazine rings is 1. The van der Waals surface area contributed by atoms with Gasteiger partial charge in [0.05, 0.1) is 10.6 Å². The fourth-order valence-electron chi connectivity index (χ4n) is 3.44. The number of hydrogen-bond donors (Lipinski definition) is 0. The van der Waals surface area contributed by atoms with Crippen molar-refractivity contribution < 1.29 is 12.8 Å². The number of aromatic nitrogens is 2. The summed E-state index contributed by atoms with van der Waals surface area (Å²) in [5.74, 6) is 0.319. The summed E-state index contributed by atoms with van der Waals surface area (Å²) in [5, 5.41) is 0. The first-order valence-corrected chi connectivity index (χ1v) is 10.8. The van der Waals surface area contributed by atoms with Crippen LogP contribution in [0.1, 0.15) is 5.56 Å². The van der Waals surface area contributed by atoms with Crippen LogP contribution in [0.2, 0.25) is 0 Å². The van der Waals surface area contributed by atoms with Crippen molar-refractivity contribution in [3.05, 3.63) is 72.3 Å². The first-order chi connectivity index (χ1) is 13.9. The third-order valence-corrected chi connectivity index (χ3v) is 7.00. The molecule has 1 aliphatic heterocycles. The summed E-state index contributed by atoms with van der Waals surface area (Å²) in [6.07, 6.45) is 1.54. The maximum atomic E-state index is 13.1. The molecule has 2 heterocycles. The van der Waals surface area contributed by atoms with Gasteiger partial charge in [-0.15, -0.1) is 0 Å². The van der Waals surface area contributed by atoms with E-state index in [4.69, 9.17) is 0 Å². The first kappa shape index (κ1) is 19.5. The average Bonchev–Trinajstić information content (AvgIpc) is 2.75. The van der Waals surface area contributed by atoms with E-state index >= 15 is 0 Å². The normalized spacial score (nSPS) is 15.4. The van der Waals surface area contributed by atoms with Crippen LogP contribution in [-0.4, -0.2) is 48.9 Å². The van der Waals surface area contributed by atoms with Gasteiger partial charge in [0.25, 0.3) is 0 Å². The van der Waals surface area contributed by atoms with E-state index in [2.05, 4.69) is 14.9 Å². The molecular weight excluding hydrogens is 391 g/mol. The predicted octanol–water partition coefficient (Wildman–Crippen LogP) is 3.10. The molecule has 0 spiro atoms. The zero-order valence-electron chi connectivity index (χ0n) is 16.0. The molecule has 0 radical (unpaired) electrons. The number of anilines is 1. The molecule has 3 aromatic rings. The molecule has 0 bridgehead atoms. The van der Waals surface area contributed by atoms with Gasteiger partial charge in [0.2, 0.25) is 10.0 Å². The molecule has 0 aliphatic carbocycles. The minimum Gasteiger partial charge on any atom is -0.354 e. The van der Waals surface area contributed by atoms with Crippen LogP contribution in [0.25, 0.3) is 11.3 Å². The van der Waals surface area contributed by atoms with Gasteiger partial charge in [0.15, 0.2) is 0 Å². The lowest BCUT2D eigenvalue weighted by atomic mass is 10.1. The number of aryl methyl sites for hydroxylation is 1. The summed E-state index contributed by atoms with van der Waals surface area (Å²) in [6.45, 7) is 3.75. The number of halogens is 1. The van der Waals surface area contributed by atoms with Gasteiger partial charge in [-0.05, 0) is 36.8 Å². The Morgan fingerprint density at radius 1 is 0.931 bits per heavy atom. The minimum atomic E-state index is -3.63. The largest absolute Gasteiger partial charge is 0.354 e. The molecule has 150 valence electrons. The monoisotopic (exact) mass is 412 g/mol. The van der Waals surface area contributed by atoms with Gasteiger partial charge in [0, 0.05) is 37.8 Å². The van der Waals surface area contributed by atoms with E-state index in [-0.39, 0.29) is 4.90 Å². The Morgan fingerprint density at radius 2 is 1.62 bits per heavy atom. The number of benzene rings is 2. The third-order valence-electron chi connectivity index (χ3n) is 5.09. The Labute approximate surface area is 169 Å². The molecule has 1 aliphatic rings. The fraction of sp³-hybridized carbons (Fsp3) is 0.238. The SMILES string of the molecule is Cc1ccccc1-c1cc(N2CCN(S(=O)(=O)c3ccc(F)cc3)CC2)ncn1. The van der Waals surface area contributed by atoms with Crippen molar-refractivity contribution in [3.8, 4) is 11.3 Å². The highest BCUT2D eigenvalue weighted by Crippen LogP contribution is 2.25. The molecule has 1 fully saturated rings. The van der Waals surface area contributed by atoms with Crippen LogP contribution in [0.15, 0.2) is 65.8 Å². The molecule has 1 aromatic heterocycles. The fourth-order valence-corrected chi connectivity index (χ4v) is 4.86. The average molecular weight is 412 g/mol. The van der Waals surface area contributed by atoms with Crippen LogP contribution in [-0.2, 0) is 10.0 Å². The molecule has 0 atom stereocenters. The van der Waals surface area contributed by atoms with Gasteiger partial charge in [-0.3, -0.25) is 0 Å². The molecular formula is C21H21FN4O2S. The van der Waals surface area contributed by atoms with Crippen molar-refractivity contribution in [2.75, 3.05) is 31.1 Å². The van der Waals surface area contributed by atoms with E-state index in [1.54, 1.807) is 6.33 Å². The quantitative estimate of drug-likeness (QED) is 0.659. The molecule has 4 rings (SSSR count). The highest BCUT2D eigenvalue weighted by Gasteiger charge is 2.29. The standard InChI is InChI=1S/C21H21FN4O2S/c1-16-4-2-3-5-19(16)20-14-21(24-15-23-20)25-10-12-26(13-11-25)29(27,28)18-8-6-17(22)7-9-18/h2-9,14-15H,10-13H2,1H3. The van der Waals surface area contributed by atoms with E-state index in [9.17, 15) is 12.8 Å². The van der Waals surface area contributed by atoms with Crippen LogP contribution >= 0.6 is 0 Å². The number of nitrogens with zero attached hydrogens (tertiary/aromatic N) is 4. The summed E-state index contributed by atoms with van der Waals surface area (Å²) in [5.41, 5.74) is 3.02. The van der Waals surface area contributed by atoms with E-state index in [0.29, 0.717) is 26.2 Å². The maximum absolute atomic E-state index is 13.1. The second-order valence-corrected chi connectivity index (χ2v) is 8.86. The Bertz CT molecular complexity index is 1110. The summed E-state index contributed by atoms with van der Waals surface area (Å²) < 4.78 is 40.1. The molecule has 29 heavy (non-hydrogen) atoms. The van der Waals surface area contributed by atoms with Gasteiger partial charge in [-0.25, -0.2) is 22.8 Å². The van der Waals surface area contributed by atoms with Crippen LogP contribution < -0.4 is 4.90 Å². The zero-order chi connectivity index (χ0) is 20.4. The summed E-state index contributed by atoms with van der Waals surface area (Å²) in [4.78, 5) is 10.9.